The van der Waals surface area contributed by atoms with Crippen LogP contribution in [0.2, 0.25) is 0 Å². The van der Waals surface area contributed by atoms with Crippen LogP contribution >= 0.6 is 0 Å². The van der Waals surface area contributed by atoms with Crippen molar-refractivity contribution in [1.29, 1.82) is 0 Å². The number of benzene rings is 2. The van der Waals surface area contributed by atoms with Gasteiger partial charge in [0.15, 0.2) is 0 Å². The molecule has 0 spiro atoms. The highest BCUT2D eigenvalue weighted by molar-refractivity contribution is 5.84. The number of hydrogen-bond acceptors (Lipinski definition) is 1. The van der Waals surface area contributed by atoms with Gasteiger partial charge in [0.1, 0.15) is 0 Å². The SMILES string of the molecule is CC(C)c1ccc(Cn2cc(CN)c3ccccc32)cc1. The summed E-state index contributed by atoms with van der Waals surface area (Å²) in [4.78, 5) is 0. The maximum atomic E-state index is 5.86. The lowest BCUT2D eigenvalue weighted by molar-refractivity contribution is 0.823. The first-order chi connectivity index (χ1) is 10.2. The van der Waals surface area contributed by atoms with E-state index in [1.165, 1.54) is 27.6 Å². The summed E-state index contributed by atoms with van der Waals surface area (Å²) in [6.07, 6.45) is 2.18. The highest BCUT2D eigenvalue weighted by atomic mass is 15.0. The average Bonchev–Trinajstić information content (AvgIpc) is 2.86. The molecule has 0 atom stereocenters. The van der Waals surface area contributed by atoms with Crippen molar-refractivity contribution in [1.82, 2.24) is 4.57 Å². The van der Waals surface area contributed by atoms with Crippen LogP contribution in [0.1, 0.15) is 36.5 Å². The van der Waals surface area contributed by atoms with Gasteiger partial charge in [0, 0.05) is 30.2 Å². The first-order valence-electron chi connectivity index (χ1n) is 7.54. The maximum Gasteiger partial charge on any atom is 0.0486 e. The van der Waals surface area contributed by atoms with Crippen molar-refractivity contribution in [2.45, 2.75) is 32.9 Å². The van der Waals surface area contributed by atoms with E-state index in [-0.39, 0.29) is 0 Å². The molecular weight excluding hydrogens is 256 g/mol. The highest BCUT2D eigenvalue weighted by Crippen LogP contribution is 2.22. The summed E-state index contributed by atoms with van der Waals surface area (Å²) in [5.41, 5.74) is 11.0. The Bertz CT molecular complexity index is 736. The van der Waals surface area contributed by atoms with Crippen LogP contribution in [-0.2, 0) is 13.1 Å². The van der Waals surface area contributed by atoms with Crippen molar-refractivity contribution in [2.75, 3.05) is 0 Å². The van der Waals surface area contributed by atoms with E-state index < -0.39 is 0 Å². The Morgan fingerprint density at radius 2 is 1.71 bits per heavy atom. The Morgan fingerprint density at radius 3 is 2.38 bits per heavy atom. The molecule has 0 fully saturated rings. The number of nitrogens with zero attached hydrogens (tertiary/aromatic N) is 1. The lowest BCUT2D eigenvalue weighted by Gasteiger charge is -2.09. The average molecular weight is 278 g/mol. The molecule has 0 saturated carbocycles. The molecule has 3 rings (SSSR count). The van der Waals surface area contributed by atoms with E-state index in [1.54, 1.807) is 0 Å². The quantitative estimate of drug-likeness (QED) is 0.759. The monoisotopic (exact) mass is 278 g/mol. The zero-order chi connectivity index (χ0) is 14.8. The van der Waals surface area contributed by atoms with Gasteiger partial charge in [-0.3, -0.25) is 0 Å². The molecule has 0 aliphatic heterocycles. The van der Waals surface area contributed by atoms with Crippen LogP contribution in [0.15, 0.2) is 54.7 Å². The van der Waals surface area contributed by atoms with Crippen molar-refractivity contribution < 1.29 is 0 Å². The van der Waals surface area contributed by atoms with Crippen molar-refractivity contribution in [2.24, 2.45) is 5.73 Å². The minimum atomic E-state index is 0.579. The summed E-state index contributed by atoms with van der Waals surface area (Å²) in [6.45, 7) is 5.92. The van der Waals surface area contributed by atoms with Gasteiger partial charge in [0.2, 0.25) is 0 Å². The van der Waals surface area contributed by atoms with E-state index in [0.717, 1.165) is 6.54 Å². The van der Waals surface area contributed by atoms with Gasteiger partial charge in [-0.25, -0.2) is 0 Å². The van der Waals surface area contributed by atoms with Gasteiger partial charge in [-0.15, -0.1) is 0 Å². The fourth-order valence-electron chi connectivity index (χ4n) is 2.82. The van der Waals surface area contributed by atoms with Gasteiger partial charge in [-0.2, -0.15) is 0 Å². The third-order valence-corrected chi connectivity index (χ3v) is 4.09. The molecule has 3 aromatic rings. The van der Waals surface area contributed by atoms with E-state index in [1.807, 2.05) is 0 Å². The number of aromatic nitrogens is 1. The summed E-state index contributed by atoms with van der Waals surface area (Å²) in [5.74, 6) is 0.579. The van der Waals surface area contributed by atoms with Crippen molar-refractivity contribution >= 4 is 10.9 Å². The first kappa shape index (κ1) is 13.9. The molecule has 0 amide bonds. The van der Waals surface area contributed by atoms with Crippen molar-refractivity contribution in [3.05, 3.63) is 71.4 Å². The molecule has 1 heterocycles. The molecule has 2 heteroatoms. The lowest BCUT2D eigenvalue weighted by atomic mass is 10.0. The second kappa shape index (κ2) is 5.74. The topological polar surface area (TPSA) is 30.9 Å². The van der Waals surface area contributed by atoms with Crippen molar-refractivity contribution in [3.63, 3.8) is 0 Å². The summed E-state index contributed by atoms with van der Waals surface area (Å²) < 4.78 is 2.29. The predicted molar refractivity (Wildman–Crippen MR) is 89.5 cm³/mol. The normalized spacial score (nSPS) is 11.4. The third kappa shape index (κ3) is 2.72. The van der Waals surface area contributed by atoms with Crippen LogP contribution in [0.5, 0.6) is 0 Å². The molecule has 0 aliphatic carbocycles. The number of hydrogen-bond donors (Lipinski definition) is 1. The highest BCUT2D eigenvalue weighted by Gasteiger charge is 2.07. The zero-order valence-corrected chi connectivity index (χ0v) is 12.7. The standard InChI is InChI=1S/C19H22N2/c1-14(2)16-9-7-15(8-10-16)12-21-13-17(11-20)18-5-3-4-6-19(18)21/h3-10,13-14H,11-12,20H2,1-2H3. The molecule has 0 unspecified atom stereocenters. The minimum Gasteiger partial charge on any atom is -0.343 e. The second-order valence-corrected chi connectivity index (χ2v) is 5.90. The molecule has 0 saturated heterocycles. The molecule has 0 aliphatic rings. The molecule has 0 radical (unpaired) electrons. The molecule has 1 aromatic heterocycles. The number of rotatable bonds is 4. The van der Waals surface area contributed by atoms with Gasteiger partial charge >= 0.3 is 0 Å². The fraction of sp³-hybridized carbons (Fsp3) is 0.263. The Morgan fingerprint density at radius 1 is 1.00 bits per heavy atom. The summed E-state index contributed by atoms with van der Waals surface area (Å²) in [5, 5.41) is 1.26. The fourth-order valence-corrected chi connectivity index (χ4v) is 2.82. The first-order valence-corrected chi connectivity index (χ1v) is 7.54. The number of para-hydroxylation sites is 1. The molecule has 2 N–H and O–H groups in total. The maximum absolute atomic E-state index is 5.86. The van der Waals surface area contributed by atoms with Gasteiger partial charge in [0.05, 0.1) is 0 Å². The summed E-state index contributed by atoms with van der Waals surface area (Å²) >= 11 is 0. The minimum absolute atomic E-state index is 0.579. The predicted octanol–water partition coefficient (Wildman–Crippen LogP) is 4.27. The molecule has 2 aromatic carbocycles. The molecule has 108 valence electrons. The molecule has 2 nitrogen and oxygen atoms in total. The van der Waals surface area contributed by atoms with E-state index in [0.29, 0.717) is 12.5 Å². The van der Waals surface area contributed by atoms with E-state index >= 15 is 0 Å². The van der Waals surface area contributed by atoms with Crippen LogP contribution in [0, 0.1) is 0 Å². The van der Waals surface area contributed by atoms with E-state index in [2.05, 4.69) is 73.1 Å². The molecular formula is C19H22N2. The Balaban J connectivity index is 1.94. The number of nitrogens with two attached hydrogens (primary N) is 1. The smallest absolute Gasteiger partial charge is 0.0486 e. The number of fused-ring (bicyclic) bond motifs is 1. The Labute approximate surface area is 126 Å². The zero-order valence-electron chi connectivity index (χ0n) is 12.7. The van der Waals surface area contributed by atoms with E-state index in [9.17, 15) is 0 Å². The van der Waals surface area contributed by atoms with Gasteiger partial charge < -0.3 is 10.3 Å². The third-order valence-electron chi connectivity index (χ3n) is 4.09. The second-order valence-electron chi connectivity index (χ2n) is 5.90. The Hall–Kier alpha value is -2.06. The Kier molecular flexibility index (Phi) is 3.80. The molecule has 0 bridgehead atoms. The molecule has 21 heavy (non-hydrogen) atoms. The van der Waals surface area contributed by atoms with Crippen LogP contribution in [0.4, 0.5) is 0 Å². The largest absolute Gasteiger partial charge is 0.343 e. The van der Waals surface area contributed by atoms with Crippen LogP contribution in [-0.4, -0.2) is 4.57 Å². The van der Waals surface area contributed by atoms with E-state index in [4.69, 9.17) is 5.73 Å². The van der Waals surface area contributed by atoms with Crippen LogP contribution in [0.3, 0.4) is 0 Å². The van der Waals surface area contributed by atoms with Crippen LogP contribution < -0.4 is 5.73 Å². The van der Waals surface area contributed by atoms with Gasteiger partial charge in [-0.05, 0) is 28.7 Å². The summed E-state index contributed by atoms with van der Waals surface area (Å²) in [7, 11) is 0. The lowest BCUT2D eigenvalue weighted by Crippen LogP contribution is -1.99. The summed E-state index contributed by atoms with van der Waals surface area (Å²) in [6, 6.07) is 17.4. The van der Waals surface area contributed by atoms with Crippen molar-refractivity contribution in [3.8, 4) is 0 Å². The van der Waals surface area contributed by atoms with Gasteiger partial charge in [-0.1, -0.05) is 56.3 Å². The van der Waals surface area contributed by atoms with Gasteiger partial charge in [0.25, 0.3) is 0 Å². The van der Waals surface area contributed by atoms with Crippen LogP contribution in [0.25, 0.3) is 10.9 Å².